The highest BCUT2D eigenvalue weighted by atomic mass is 16.5. The molecule has 3 rings (SSSR count). The van der Waals surface area contributed by atoms with Crippen LogP contribution in [-0.2, 0) is 24.3 Å². The van der Waals surface area contributed by atoms with Crippen LogP contribution in [0.3, 0.4) is 0 Å². The second kappa shape index (κ2) is 10.0. The minimum Gasteiger partial charge on any atom is -0.493 e. The highest BCUT2D eigenvalue weighted by Crippen LogP contribution is 2.39. The normalized spacial score (nSPS) is 10.6. The number of hydrogen-bond acceptors (Lipinski definition) is 5. The molecule has 0 aliphatic heterocycles. The molecule has 7 heteroatoms. The maximum absolute atomic E-state index is 12.7. The van der Waals surface area contributed by atoms with E-state index in [2.05, 4.69) is 22.5 Å². The lowest BCUT2D eigenvalue weighted by Crippen LogP contribution is -2.25. The van der Waals surface area contributed by atoms with Crippen molar-refractivity contribution in [2.45, 2.75) is 33.4 Å². The number of carbonyl (C=O) groups is 1. The third-order valence-corrected chi connectivity index (χ3v) is 5.31. The van der Waals surface area contributed by atoms with Gasteiger partial charge in [-0.2, -0.15) is 5.10 Å². The van der Waals surface area contributed by atoms with Crippen LogP contribution in [-0.4, -0.2) is 37.0 Å². The Morgan fingerprint density at radius 1 is 0.968 bits per heavy atom. The van der Waals surface area contributed by atoms with Gasteiger partial charge in [0.15, 0.2) is 11.5 Å². The Kier molecular flexibility index (Phi) is 7.18. The number of nitrogens with one attached hydrogen (secondary N) is 1. The molecule has 0 aliphatic rings. The first-order valence-electron chi connectivity index (χ1n) is 10.1. The van der Waals surface area contributed by atoms with Crippen LogP contribution in [0.5, 0.6) is 17.2 Å². The van der Waals surface area contributed by atoms with Gasteiger partial charge in [0, 0.05) is 23.4 Å². The molecule has 31 heavy (non-hydrogen) atoms. The van der Waals surface area contributed by atoms with Crippen LogP contribution in [0.1, 0.15) is 28.1 Å². The largest absolute Gasteiger partial charge is 0.493 e. The molecule has 164 valence electrons. The standard InChI is InChI=1S/C24H29N3O4/c1-16-20(17(2)27(26-16)15-18-9-7-6-8-10-18)14-25-22(28)13-19-11-12-21(29-3)24(31-5)23(19)30-4/h6-12H,13-15H2,1-5H3,(H,25,28). The highest BCUT2D eigenvalue weighted by Gasteiger charge is 2.18. The Hall–Kier alpha value is -3.48. The first-order valence-corrected chi connectivity index (χ1v) is 10.1. The number of benzene rings is 2. The molecule has 2 aromatic carbocycles. The number of ether oxygens (including phenoxy) is 3. The Labute approximate surface area is 182 Å². The summed E-state index contributed by atoms with van der Waals surface area (Å²) in [5.74, 6) is 1.42. The van der Waals surface area contributed by atoms with Gasteiger partial charge in [-0.3, -0.25) is 9.48 Å². The van der Waals surface area contributed by atoms with Gasteiger partial charge in [-0.25, -0.2) is 0 Å². The van der Waals surface area contributed by atoms with Crippen LogP contribution in [0.25, 0.3) is 0 Å². The first kappa shape index (κ1) is 22.2. The zero-order valence-electron chi connectivity index (χ0n) is 18.7. The summed E-state index contributed by atoms with van der Waals surface area (Å²) in [6.07, 6.45) is 0.166. The molecule has 0 radical (unpaired) electrons. The highest BCUT2D eigenvalue weighted by molar-refractivity contribution is 5.80. The number of nitrogens with zero attached hydrogens (tertiary/aromatic N) is 2. The number of rotatable bonds is 9. The van der Waals surface area contributed by atoms with Gasteiger partial charge in [0.05, 0.1) is 40.0 Å². The summed E-state index contributed by atoms with van der Waals surface area (Å²) in [4.78, 5) is 12.7. The number of aromatic nitrogens is 2. The van der Waals surface area contributed by atoms with E-state index in [0.29, 0.717) is 30.3 Å². The van der Waals surface area contributed by atoms with E-state index in [1.54, 1.807) is 27.4 Å². The van der Waals surface area contributed by atoms with Crippen molar-refractivity contribution in [1.82, 2.24) is 15.1 Å². The summed E-state index contributed by atoms with van der Waals surface area (Å²) in [6, 6.07) is 13.8. The Balaban J connectivity index is 1.69. The monoisotopic (exact) mass is 423 g/mol. The fourth-order valence-corrected chi connectivity index (χ4v) is 3.62. The predicted octanol–water partition coefficient (Wildman–Crippen LogP) is 3.43. The molecule has 0 fully saturated rings. The smallest absolute Gasteiger partial charge is 0.224 e. The second-order valence-corrected chi connectivity index (χ2v) is 7.24. The fraction of sp³-hybridized carbons (Fsp3) is 0.333. The van der Waals surface area contributed by atoms with E-state index in [1.165, 1.54) is 5.56 Å². The number of hydrogen-bond donors (Lipinski definition) is 1. The van der Waals surface area contributed by atoms with Gasteiger partial charge in [0.1, 0.15) is 0 Å². The summed E-state index contributed by atoms with van der Waals surface area (Å²) < 4.78 is 18.1. The maximum Gasteiger partial charge on any atom is 0.224 e. The van der Waals surface area contributed by atoms with Gasteiger partial charge in [0.2, 0.25) is 11.7 Å². The van der Waals surface area contributed by atoms with Crippen LogP contribution < -0.4 is 19.5 Å². The van der Waals surface area contributed by atoms with Crippen LogP contribution in [0.2, 0.25) is 0 Å². The molecule has 0 saturated carbocycles. The van der Waals surface area contributed by atoms with Crippen molar-refractivity contribution in [2.75, 3.05) is 21.3 Å². The SMILES string of the molecule is COc1ccc(CC(=O)NCc2c(C)nn(Cc3ccccc3)c2C)c(OC)c1OC. The topological polar surface area (TPSA) is 74.6 Å². The molecule has 1 amide bonds. The molecule has 1 N–H and O–H groups in total. The molecule has 0 spiro atoms. The lowest BCUT2D eigenvalue weighted by molar-refractivity contribution is -0.120. The van der Waals surface area contributed by atoms with Crippen LogP contribution in [0.4, 0.5) is 0 Å². The average molecular weight is 424 g/mol. The third-order valence-electron chi connectivity index (χ3n) is 5.31. The minimum absolute atomic E-state index is 0.111. The van der Waals surface area contributed by atoms with Crippen molar-refractivity contribution in [3.8, 4) is 17.2 Å². The van der Waals surface area contributed by atoms with E-state index in [9.17, 15) is 4.79 Å². The van der Waals surface area contributed by atoms with Gasteiger partial charge in [-0.15, -0.1) is 0 Å². The number of amides is 1. The van der Waals surface area contributed by atoms with Gasteiger partial charge >= 0.3 is 0 Å². The lowest BCUT2D eigenvalue weighted by atomic mass is 10.1. The summed E-state index contributed by atoms with van der Waals surface area (Å²) in [7, 11) is 4.65. The second-order valence-electron chi connectivity index (χ2n) is 7.24. The first-order chi connectivity index (χ1) is 15.0. The van der Waals surface area contributed by atoms with E-state index in [4.69, 9.17) is 14.2 Å². The molecule has 3 aromatic rings. The zero-order valence-corrected chi connectivity index (χ0v) is 18.7. The molecule has 1 aromatic heterocycles. The average Bonchev–Trinajstić information content (AvgIpc) is 3.04. The summed E-state index contributed by atoms with van der Waals surface area (Å²) in [5, 5.41) is 7.66. The molecule has 0 atom stereocenters. The summed E-state index contributed by atoms with van der Waals surface area (Å²) >= 11 is 0. The number of aryl methyl sites for hydroxylation is 1. The van der Waals surface area contributed by atoms with Crippen molar-refractivity contribution in [3.05, 3.63) is 70.5 Å². The Morgan fingerprint density at radius 3 is 2.32 bits per heavy atom. The molecular weight excluding hydrogens is 394 g/mol. The number of methoxy groups -OCH3 is 3. The van der Waals surface area contributed by atoms with E-state index < -0.39 is 0 Å². The van der Waals surface area contributed by atoms with Crippen molar-refractivity contribution in [3.63, 3.8) is 0 Å². The van der Waals surface area contributed by atoms with Gasteiger partial charge < -0.3 is 19.5 Å². The van der Waals surface area contributed by atoms with Crippen molar-refractivity contribution in [2.24, 2.45) is 0 Å². The predicted molar refractivity (Wildman–Crippen MR) is 119 cm³/mol. The fourth-order valence-electron chi connectivity index (χ4n) is 3.62. The van der Waals surface area contributed by atoms with E-state index in [-0.39, 0.29) is 12.3 Å². The molecule has 1 heterocycles. The van der Waals surface area contributed by atoms with Gasteiger partial charge in [-0.1, -0.05) is 36.4 Å². The molecule has 0 aliphatic carbocycles. The van der Waals surface area contributed by atoms with Crippen LogP contribution in [0.15, 0.2) is 42.5 Å². The van der Waals surface area contributed by atoms with Gasteiger partial charge in [0.25, 0.3) is 0 Å². The van der Waals surface area contributed by atoms with E-state index in [0.717, 1.165) is 22.5 Å². The van der Waals surface area contributed by atoms with Crippen LogP contribution >= 0.6 is 0 Å². The quantitative estimate of drug-likeness (QED) is 0.571. The lowest BCUT2D eigenvalue weighted by Gasteiger charge is -2.15. The maximum atomic E-state index is 12.7. The van der Waals surface area contributed by atoms with E-state index >= 15 is 0 Å². The molecule has 7 nitrogen and oxygen atoms in total. The molecule has 0 unspecified atom stereocenters. The molecule has 0 saturated heterocycles. The van der Waals surface area contributed by atoms with Gasteiger partial charge in [-0.05, 0) is 25.5 Å². The summed E-state index contributed by atoms with van der Waals surface area (Å²) in [5.41, 5.74) is 4.90. The van der Waals surface area contributed by atoms with Crippen molar-refractivity contribution >= 4 is 5.91 Å². The minimum atomic E-state index is -0.111. The number of carbonyl (C=O) groups excluding carboxylic acids is 1. The molecular formula is C24H29N3O4. The van der Waals surface area contributed by atoms with Crippen LogP contribution in [0, 0.1) is 13.8 Å². The Morgan fingerprint density at radius 2 is 1.68 bits per heavy atom. The molecule has 0 bridgehead atoms. The zero-order chi connectivity index (χ0) is 22.4. The van der Waals surface area contributed by atoms with E-state index in [1.807, 2.05) is 42.8 Å². The summed E-state index contributed by atoms with van der Waals surface area (Å²) in [6.45, 7) is 5.11. The van der Waals surface area contributed by atoms with Crippen molar-refractivity contribution in [1.29, 1.82) is 0 Å². The van der Waals surface area contributed by atoms with Crippen molar-refractivity contribution < 1.29 is 19.0 Å². The third kappa shape index (κ3) is 4.99. The Bertz CT molecular complexity index is 1040.